The van der Waals surface area contributed by atoms with Crippen LogP contribution in [0.2, 0.25) is 5.02 Å². The Morgan fingerprint density at radius 3 is 2.35 bits per heavy atom. The Morgan fingerprint density at radius 2 is 1.58 bits per heavy atom. The van der Waals surface area contributed by atoms with Crippen molar-refractivity contribution in [2.45, 2.75) is 0 Å². The van der Waals surface area contributed by atoms with E-state index in [1.165, 1.54) is 0 Å². The van der Waals surface area contributed by atoms with Crippen molar-refractivity contribution in [1.29, 1.82) is 0 Å². The average molecular weight is 359 g/mol. The Morgan fingerprint density at radius 1 is 0.846 bits per heavy atom. The maximum atomic E-state index is 12.4. The first kappa shape index (κ1) is 16.3. The number of anilines is 1. The Hall–Kier alpha value is -3.17. The quantitative estimate of drug-likeness (QED) is 0.502. The number of rotatable bonds is 3. The number of carbonyl (C=O) groups excluding carboxylic acids is 1. The molecule has 3 nitrogen and oxygen atoms in total. The molecule has 0 aliphatic carbocycles. The van der Waals surface area contributed by atoms with Gasteiger partial charge < -0.3 is 5.32 Å². The molecule has 0 aliphatic heterocycles. The molecule has 1 amide bonds. The number of hydrogen-bond acceptors (Lipinski definition) is 2. The number of hydrogen-bond donors (Lipinski definition) is 1. The van der Waals surface area contributed by atoms with E-state index in [1.807, 2.05) is 54.7 Å². The van der Waals surface area contributed by atoms with Gasteiger partial charge in [0.15, 0.2) is 0 Å². The number of aromatic nitrogens is 1. The fraction of sp³-hybridized carbons (Fsp3) is 0. The Labute approximate surface area is 156 Å². The molecule has 0 bridgehead atoms. The topological polar surface area (TPSA) is 42.0 Å². The number of nitrogens with zero attached hydrogens (tertiary/aromatic N) is 1. The van der Waals surface area contributed by atoms with E-state index < -0.39 is 0 Å². The minimum atomic E-state index is -0.157. The lowest BCUT2D eigenvalue weighted by Crippen LogP contribution is -2.11. The van der Waals surface area contributed by atoms with Gasteiger partial charge in [0.2, 0.25) is 0 Å². The highest BCUT2D eigenvalue weighted by Gasteiger charge is 2.07. The summed E-state index contributed by atoms with van der Waals surface area (Å²) in [7, 11) is 0. The molecular formula is C22H15ClN2O. The van der Waals surface area contributed by atoms with E-state index in [1.54, 1.807) is 24.3 Å². The standard InChI is InChI=1S/C22H15ClN2O/c23-19-9-11-20(12-10-19)25-22(26)16-7-5-15(6-8-16)18-13-17-3-1-2-4-21(17)24-14-18/h1-14H,(H,25,26). The van der Waals surface area contributed by atoms with E-state index >= 15 is 0 Å². The average Bonchev–Trinajstić information content (AvgIpc) is 2.69. The van der Waals surface area contributed by atoms with Crippen LogP contribution in [0.25, 0.3) is 22.0 Å². The summed E-state index contributed by atoms with van der Waals surface area (Å²) in [6.07, 6.45) is 1.85. The molecule has 1 heterocycles. The third-order valence-corrected chi connectivity index (χ3v) is 4.42. The van der Waals surface area contributed by atoms with Gasteiger partial charge >= 0.3 is 0 Å². The van der Waals surface area contributed by atoms with E-state index in [4.69, 9.17) is 11.6 Å². The number of pyridine rings is 1. The zero-order valence-corrected chi connectivity index (χ0v) is 14.6. The predicted molar refractivity (Wildman–Crippen MR) is 107 cm³/mol. The van der Waals surface area contributed by atoms with E-state index in [-0.39, 0.29) is 5.91 Å². The molecule has 0 saturated heterocycles. The summed E-state index contributed by atoms with van der Waals surface area (Å²) in [5, 5.41) is 4.59. The lowest BCUT2D eigenvalue weighted by atomic mass is 10.0. The Kier molecular flexibility index (Phi) is 4.38. The number of nitrogens with one attached hydrogen (secondary N) is 1. The monoisotopic (exact) mass is 358 g/mol. The predicted octanol–water partition coefficient (Wildman–Crippen LogP) is 5.81. The first-order valence-electron chi connectivity index (χ1n) is 8.21. The lowest BCUT2D eigenvalue weighted by Gasteiger charge is -2.07. The molecule has 0 unspecified atom stereocenters. The summed E-state index contributed by atoms with van der Waals surface area (Å²) in [5.41, 5.74) is 4.31. The third kappa shape index (κ3) is 3.44. The van der Waals surface area contributed by atoms with Crippen molar-refractivity contribution in [3.63, 3.8) is 0 Å². The van der Waals surface area contributed by atoms with Crippen LogP contribution < -0.4 is 5.32 Å². The second-order valence-corrected chi connectivity index (χ2v) is 6.39. The molecule has 0 radical (unpaired) electrons. The summed E-state index contributed by atoms with van der Waals surface area (Å²) in [5.74, 6) is -0.157. The van der Waals surface area contributed by atoms with Gasteiger partial charge in [-0.3, -0.25) is 9.78 Å². The van der Waals surface area contributed by atoms with Crippen molar-refractivity contribution in [3.05, 3.63) is 95.6 Å². The van der Waals surface area contributed by atoms with Gasteiger partial charge in [0.25, 0.3) is 5.91 Å². The molecule has 26 heavy (non-hydrogen) atoms. The van der Waals surface area contributed by atoms with Gasteiger partial charge in [-0.15, -0.1) is 0 Å². The van der Waals surface area contributed by atoms with Crippen LogP contribution in [0.4, 0.5) is 5.69 Å². The van der Waals surface area contributed by atoms with E-state index in [0.717, 1.165) is 22.0 Å². The SMILES string of the molecule is O=C(Nc1ccc(Cl)cc1)c1ccc(-c2cnc3ccccc3c2)cc1. The highest BCUT2D eigenvalue weighted by molar-refractivity contribution is 6.30. The van der Waals surface area contributed by atoms with Crippen molar-refractivity contribution in [2.24, 2.45) is 0 Å². The molecular weight excluding hydrogens is 344 g/mol. The van der Waals surface area contributed by atoms with Crippen molar-refractivity contribution >= 4 is 34.1 Å². The molecule has 4 heteroatoms. The first-order chi connectivity index (χ1) is 12.7. The zero-order chi connectivity index (χ0) is 17.9. The minimum absolute atomic E-state index is 0.157. The van der Waals surface area contributed by atoms with Crippen molar-refractivity contribution < 1.29 is 4.79 Å². The third-order valence-electron chi connectivity index (χ3n) is 4.17. The molecule has 1 N–H and O–H groups in total. The van der Waals surface area contributed by atoms with Gasteiger partial charge in [-0.2, -0.15) is 0 Å². The van der Waals surface area contributed by atoms with Crippen LogP contribution in [-0.2, 0) is 0 Å². The Balaban J connectivity index is 1.55. The second kappa shape index (κ2) is 6.98. The van der Waals surface area contributed by atoms with Crippen LogP contribution in [0.5, 0.6) is 0 Å². The maximum absolute atomic E-state index is 12.4. The summed E-state index contributed by atoms with van der Waals surface area (Å²) >= 11 is 5.86. The van der Waals surface area contributed by atoms with Gasteiger partial charge in [-0.05, 0) is 54.1 Å². The van der Waals surface area contributed by atoms with Gasteiger partial charge in [0.1, 0.15) is 0 Å². The van der Waals surface area contributed by atoms with E-state index in [9.17, 15) is 4.79 Å². The highest BCUT2D eigenvalue weighted by atomic mass is 35.5. The molecule has 3 aromatic carbocycles. The number of fused-ring (bicyclic) bond motifs is 1. The molecule has 0 atom stereocenters. The second-order valence-electron chi connectivity index (χ2n) is 5.96. The van der Waals surface area contributed by atoms with Crippen LogP contribution >= 0.6 is 11.6 Å². The summed E-state index contributed by atoms with van der Waals surface area (Å²) in [6, 6.07) is 24.6. The van der Waals surface area contributed by atoms with Gasteiger partial charge in [-0.25, -0.2) is 0 Å². The van der Waals surface area contributed by atoms with Gasteiger partial charge in [-0.1, -0.05) is 41.9 Å². The molecule has 4 aromatic rings. The van der Waals surface area contributed by atoms with Crippen LogP contribution in [0, 0.1) is 0 Å². The fourth-order valence-corrected chi connectivity index (χ4v) is 2.91. The summed E-state index contributed by atoms with van der Waals surface area (Å²) < 4.78 is 0. The summed E-state index contributed by atoms with van der Waals surface area (Å²) in [4.78, 5) is 16.9. The molecule has 126 valence electrons. The number of amides is 1. The molecule has 0 saturated carbocycles. The van der Waals surface area contributed by atoms with E-state index in [2.05, 4.69) is 16.4 Å². The number of benzene rings is 3. The normalized spacial score (nSPS) is 10.7. The largest absolute Gasteiger partial charge is 0.322 e. The van der Waals surface area contributed by atoms with Crippen LogP contribution in [0.3, 0.4) is 0 Å². The van der Waals surface area contributed by atoms with Crippen molar-refractivity contribution in [3.8, 4) is 11.1 Å². The number of halogens is 1. The maximum Gasteiger partial charge on any atom is 0.255 e. The molecule has 0 spiro atoms. The molecule has 0 fully saturated rings. The molecule has 0 aliphatic rings. The highest BCUT2D eigenvalue weighted by Crippen LogP contribution is 2.23. The number of carbonyl (C=O) groups is 1. The summed E-state index contributed by atoms with van der Waals surface area (Å²) in [6.45, 7) is 0. The Bertz CT molecular complexity index is 1070. The molecule has 4 rings (SSSR count). The van der Waals surface area contributed by atoms with Crippen molar-refractivity contribution in [2.75, 3.05) is 5.32 Å². The van der Waals surface area contributed by atoms with Gasteiger partial charge in [0.05, 0.1) is 5.52 Å². The smallest absolute Gasteiger partial charge is 0.255 e. The zero-order valence-electron chi connectivity index (χ0n) is 13.8. The minimum Gasteiger partial charge on any atom is -0.322 e. The van der Waals surface area contributed by atoms with Crippen LogP contribution in [-0.4, -0.2) is 10.9 Å². The molecule has 1 aromatic heterocycles. The van der Waals surface area contributed by atoms with E-state index in [0.29, 0.717) is 16.3 Å². The van der Waals surface area contributed by atoms with Crippen molar-refractivity contribution in [1.82, 2.24) is 4.98 Å². The lowest BCUT2D eigenvalue weighted by molar-refractivity contribution is 0.102. The van der Waals surface area contributed by atoms with Crippen LogP contribution in [0.15, 0.2) is 85.1 Å². The fourth-order valence-electron chi connectivity index (χ4n) is 2.78. The van der Waals surface area contributed by atoms with Gasteiger partial charge in [0, 0.05) is 33.4 Å². The van der Waals surface area contributed by atoms with Crippen LogP contribution in [0.1, 0.15) is 10.4 Å². The first-order valence-corrected chi connectivity index (χ1v) is 8.59. The number of para-hydroxylation sites is 1.